The van der Waals surface area contributed by atoms with Crippen molar-refractivity contribution in [3.8, 4) is 11.5 Å². The van der Waals surface area contributed by atoms with Crippen molar-refractivity contribution in [3.63, 3.8) is 0 Å². The van der Waals surface area contributed by atoms with Gasteiger partial charge >= 0.3 is 0 Å². The van der Waals surface area contributed by atoms with Gasteiger partial charge in [0.15, 0.2) is 0 Å². The molecule has 0 saturated carbocycles. The van der Waals surface area contributed by atoms with Gasteiger partial charge in [0, 0.05) is 15.9 Å². The fourth-order valence-electron chi connectivity index (χ4n) is 1.64. The molecule has 0 aliphatic carbocycles. The molecule has 0 spiro atoms. The molecule has 1 aromatic carbocycles. The topological polar surface area (TPSA) is 18.5 Å². The molecule has 0 unspecified atom stereocenters. The van der Waals surface area contributed by atoms with Crippen LogP contribution in [0.2, 0.25) is 0 Å². The molecule has 1 rings (SSSR count). The second-order valence-corrected chi connectivity index (χ2v) is 5.15. The van der Waals surface area contributed by atoms with Crippen LogP contribution in [0.1, 0.15) is 25.0 Å². The molecule has 0 bridgehead atoms. The van der Waals surface area contributed by atoms with E-state index >= 15 is 0 Å². The highest BCUT2D eigenvalue weighted by Crippen LogP contribution is 2.39. The summed E-state index contributed by atoms with van der Waals surface area (Å²) in [6, 6.07) is 3.95. The first-order chi connectivity index (χ1) is 6.91. The quantitative estimate of drug-likeness (QED) is 0.798. The zero-order valence-corrected chi connectivity index (χ0v) is 10.8. The van der Waals surface area contributed by atoms with Crippen molar-refractivity contribution in [2.75, 3.05) is 14.2 Å². The van der Waals surface area contributed by atoms with Gasteiger partial charge in [0.05, 0.1) is 14.2 Å². The van der Waals surface area contributed by atoms with Gasteiger partial charge in [-0.2, -0.15) is 12.6 Å². The summed E-state index contributed by atoms with van der Waals surface area (Å²) in [5.41, 5.74) is 2.09. The summed E-state index contributed by atoms with van der Waals surface area (Å²) in [5.74, 6) is 1.70. The van der Waals surface area contributed by atoms with Gasteiger partial charge in [-0.05, 0) is 26.8 Å². The third kappa shape index (κ3) is 2.40. The van der Waals surface area contributed by atoms with Crippen molar-refractivity contribution in [2.24, 2.45) is 0 Å². The molecule has 0 radical (unpaired) electrons. The predicted molar refractivity (Wildman–Crippen MR) is 66.3 cm³/mol. The van der Waals surface area contributed by atoms with Gasteiger partial charge in [0.25, 0.3) is 0 Å². The monoisotopic (exact) mass is 226 g/mol. The van der Waals surface area contributed by atoms with Crippen LogP contribution in [0.4, 0.5) is 0 Å². The normalized spacial score (nSPS) is 11.3. The predicted octanol–water partition coefficient (Wildman–Crippen LogP) is 3.18. The molecule has 0 fully saturated rings. The van der Waals surface area contributed by atoms with Crippen molar-refractivity contribution in [1.29, 1.82) is 0 Å². The third-order valence-electron chi connectivity index (χ3n) is 2.44. The van der Waals surface area contributed by atoms with E-state index in [1.165, 1.54) is 0 Å². The summed E-state index contributed by atoms with van der Waals surface area (Å²) in [4.78, 5) is 0. The zero-order valence-electron chi connectivity index (χ0n) is 9.92. The second kappa shape index (κ2) is 4.35. The van der Waals surface area contributed by atoms with Gasteiger partial charge in [-0.15, -0.1) is 0 Å². The minimum Gasteiger partial charge on any atom is -0.496 e. The largest absolute Gasteiger partial charge is 0.496 e. The van der Waals surface area contributed by atoms with Gasteiger partial charge in [-0.1, -0.05) is 6.07 Å². The van der Waals surface area contributed by atoms with Crippen molar-refractivity contribution in [2.45, 2.75) is 25.5 Å². The van der Waals surface area contributed by atoms with Crippen LogP contribution >= 0.6 is 12.6 Å². The van der Waals surface area contributed by atoms with Crippen LogP contribution < -0.4 is 9.47 Å². The highest BCUT2D eigenvalue weighted by molar-refractivity contribution is 7.81. The third-order valence-corrected chi connectivity index (χ3v) is 2.68. The summed E-state index contributed by atoms with van der Waals surface area (Å²) in [6.07, 6.45) is 0. The van der Waals surface area contributed by atoms with E-state index in [9.17, 15) is 0 Å². The second-order valence-electron chi connectivity index (χ2n) is 4.03. The fourth-order valence-corrected chi connectivity index (χ4v) is 1.82. The lowest BCUT2D eigenvalue weighted by Crippen LogP contribution is -2.11. The SMILES string of the molecule is COc1ccc(C(C)(C)S)c(OC)c1C. The molecule has 0 aliphatic rings. The van der Waals surface area contributed by atoms with E-state index in [4.69, 9.17) is 9.47 Å². The molecule has 0 saturated heterocycles. The van der Waals surface area contributed by atoms with E-state index < -0.39 is 0 Å². The van der Waals surface area contributed by atoms with Gasteiger partial charge < -0.3 is 9.47 Å². The number of thiol groups is 1. The van der Waals surface area contributed by atoms with Crippen molar-refractivity contribution in [3.05, 3.63) is 23.3 Å². The maximum absolute atomic E-state index is 5.42. The summed E-state index contributed by atoms with van der Waals surface area (Å²) >= 11 is 4.56. The van der Waals surface area contributed by atoms with Crippen LogP contribution in [0.25, 0.3) is 0 Å². The first-order valence-electron chi connectivity index (χ1n) is 4.86. The Morgan fingerprint density at radius 2 is 1.73 bits per heavy atom. The van der Waals surface area contributed by atoms with E-state index in [0.717, 1.165) is 22.6 Å². The lowest BCUT2D eigenvalue weighted by molar-refractivity contribution is 0.383. The summed E-state index contributed by atoms with van der Waals surface area (Å²) in [5, 5.41) is 0. The standard InChI is InChI=1S/C12H18O2S/c1-8-10(13-4)7-6-9(11(8)14-5)12(2,3)15/h6-7,15H,1-5H3. The smallest absolute Gasteiger partial charge is 0.130 e. The highest BCUT2D eigenvalue weighted by atomic mass is 32.1. The molecule has 1 aromatic rings. The Labute approximate surface area is 97.0 Å². The Morgan fingerprint density at radius 3 is 2.13 bits per heavy atom. The summed E-state index contributed by atoms with van der Waals surface area (Å²) < 4.78 is 10.4. The number of hydrogen-bond acceptors (Lipinski definition) is 3. The van der Waals surface area contributed by atoms with Crippen LogP contribution in [-0.2, 0) is 4.75 Å². The maximum Gasteiger partial charge on any atom is 0.130 e. The Kier molecular flexibility index (Phi) is 3.55. The maximum atomic E-state index is 5.42. The lowest BCUT2D eigenvalue weighted by atomic mass is 9.98. The van der Waals surface area contributed by atoms with Gasteiger partial charge in [0.1, 0.15) is 11.5 Å². The van der Waals surface area contributed by atoms with Crippen LogP contribution in [0.3, 0.4) is 0 Å². The van der Waals surface area contributed by atoms with E-state index in [1.54, 1.807) is 14.2 Å². The number of methoxy groups -OCH3 is 2. The molecule has 0 atom stereocenters. The fraction of sp³-hybridized carbons (Fsp3) is 0.500. The molecule has 0 aromatic heterocycles. The zero-order chi connectivity index (χ0) is 11.6. The van der Waals surface area contributed by atoms with E-state index in [0.29, 0.717) is 0 Å². The lowest BCUT2D eigenvalue weighted by Gasteiger charge is -2.23. The summed E-state index contributed by atoms with van der Waals surface area (Å²) in [7, 11) is 3.33. The molecular weight excluding hydrogens is 208 g/mol. The minimum absolute atomic E-state index is 0.220. The van der Waals surface area contributed by atoms with Crippen molar-refractivity contribution >= 4 is 12.6 Å². The average molecular weight is 226 g/mol. The van der Waals surface area contributed by atoms with Gasteiger partial charge in [0.2, 0.25) is 0 Å². The van der Waals surface area contributed by atoms with Crippen LogP contribution in [-0.4, -0.2) is 14.2 Å². The van der Waals surface area contributed by atoms with Crippen molar-refractivity contribution in [1.82, 2.24) is 0 Å². The first kappa shape index (κ1) is 12.2. The highest BCUT2D eigenvalue weighted by Gasteiger charge is 2.22. The molecule has 15 heavy (non-hydrogen) atoms. The number of ether oxygens (including phenoxy) is 2. The molecule has 0 amide bonds. The molecule has 0 N–H and O–H groups in total. The molecule has 0 heterocycles. The Balaban J connectivity index is 3.38. The average Bonchev–Trinajstić information content (AvgIpc) is 2.15. The number of benzene rings is 1. The Bertz CT molecular complexity index is 353. The minimum atomic E-state index is -0.220. The van der Waals surface area contributed by atoms with Gasteiger partial charge in [-0.3, -0.25) is 0 Å². The molecular formula is C12H18O2S. The van der Waals surface area contributed by atoms with E-state index in [-0.39, 0.29) is 4.75 Å². The molecule has 3 heteroatoms. The van der Waals surface area contributed by atoms with Crippen LogP contribution in [0, 0.1) is 6.92 Å². The first-order valence-corrected chi connectivity index (χ1v) is 5.31. The molecule has 2 nitrogen and oxygen atoms in total. The van der Waals surface area contributed by atoms with E-state index in [1.807, 2.05) is 32.9 Å². The van der Waals surface area contributed by atoms with Crippen molar-refractivity contribution < 1.29 is 9.47 Å². The number of rotatable bonds is 3. The van der Waals surface area contributed by atoms with Gasteiger partial charge in [-0.25, -0.2) is 0 Å². The summed E-state index contributed by atoms with van der Waals surface area (Å²) in [6.45, 7) is 6.07. The Hall–Kier alpha value is -0.830. The molecule has 0 aliphatic heterocycles. The van der Waals surface area contributed by atoms with Crippen LogP contribution in [0.5, 0.6) is 11.5 Å². The van der Waals surface area contributed by atoms with Crippen LogP contribution in [0.15, 0.2) is 12.1 Å². The molecule has 84 valence electrons. The van der Waals surface area contributed by atoms with E-state index in [2.05, 4.69) is 12.6 Å². The Morgan fingerprint density at radius 1 is 1.13 bits per heavy atom. The number of hydrogen-bond donors (Lipinski definition) is 1.